The maximum absolute atomic E-state index is 5.77. The smallest absolute Gasteiger partial charge is 0.144 e. The highest BCUT2D eigenvalue weighted by Crippen LogP contribution is 2.08. The van der Waals surface area contributed by atoms with Gasteiger partial charge in [-0.15, -0.1) is 0 Å². The van der Waals surface area contributed by atoms with Gasteiger partial charge in [-0.05, 0) is 25.1 Å². The van der Waals surface area contributed by atoms with Crippen LogP contribution in [0, 0.1) is 0 Å². The highest BCUT2D eigenvalue weighted by atomic mass is 35.5. The van der Waals surface area contributed by atoms with Crippen molar-refractivity contribution in [2.24, 2.45) is 0 Å². The molecule has 0 saturated heterocycles. The van der Waals surface area contributed by atoms with E-state index in [2.05, 4.69) is 20.3 Å². The predicted octanol–water partition coefficient (Wildman–Crippen LogP) is 2.38. The maximum Gasteiger partial charge on any atom is 0.144 e. The Morgan fingerprint density at radius 3 is 2.65 bits per heavy atom. The topological polar surface area (TPSA) is 50.7 Å². The monoisotopic (exact) mass is 248 g/mol. The van der Waals surface area contributed by atoms with Crippen molar-refractivity contribution in [2.45, 2.75) is 19.5 Å². The molecule has 0 aliphatic rings. The van der Waals surface area contributed by atoms with Crippen LogP contribution in [0.4, 0.5) is 0 Å². The van der Waals surface area contributed by atoms with Gasteiger partial charge in [0, 0.05) is 25.1 Å². The fraction of sp³-hybridized carbons (Fsp3) is 0.250. The molecular weight excluding hydrogens is 236 g/mol. The van der Waals surface area contributed by atoms with Crippen LogP contribution in [0.25, 0.3) is 0 Å². The normalized spacial score (nSPS) is 12.4. The minimum atomic E-state index is 0.0914. The van der Waals surface area contributed by atoms with E-state index >= 15 is 0 Å². The average molecular weight is 249 g/mol. The lowest BCUT2D eigenvalue weighted by molar-refractivity contribution is 0.540. The third-order valence-corrected chi connectivity index (χ3v) is 2.57. The second-order valence-corrected chi connectivity index (χ2v) is 4.11. The summed E-state index contributed by atoms with van der Waals surface area (Å²) in [7, 11) is 0. The van der Waals surface area contributed by atoms with Gasteiger partial charge in [-0.25, -0.2) is 9.97 Å². The number of pyridine rings is 1. The summed E-state index contributed by atoms with van der Waals surface area (Å²) in [5.41, 5.74) is 0.942. The Bertz CT molecular complexity index is 458. The van der Waals surface area contributed by atoms with E-state index in [1.165, 1.54) is 0 Å². The quantitative estimate of drug-likeness (QED) is 0.903. The minimum absolute atomic E-state index is 0.0914. The molecule has 0 saturated carbocycles. The molecule has 2 heterocycles. The van der Waals surface area contributed by atoms with Crippen LogP contribution in [-0.4, -0.2) is 15.0 Å². The zero-order valence-corrected chi connectivity index (χ0v) is 10.2. The lowest BCUT2D eigenvalue weighted by Crippen LogP contribution is -2.20. The lowest BCUT2D eigenvalue weighted by Gasteiger charge is -2.11. The van der Waals surface area contributed by atoms with Gasteiger partial charge in [-0.1, -0.05) is 11.6 Å². The Morgan fingerprint density at radius 1 is 1.24 bits per heavy atom. The fourth-order valence-electron chi connectivity index (χ4n) is 1.39. The molecule has 0 bridgehead atoms. The predicted molar refractivity (Wildman–Crippen MR) is 66.5 cm³/mol. The number of aromatic nitrogens is 3. The van der Waals surface area contributed by atoms with Crippen molar-refractivity contribution in [3.8, 4) is 0 Å². The summed E-state index contributed by atoms with van der Waals surface area (Å²) in [6.45, 7) is 2.68. The second kappa shape index (κ2) is 5.70. The van der Waals surface area contributed by atoms with E-state index in [4.69, 9.17) is 11.6 Å². The van der Waals surface area contributed by atoms with Crippen LogP contribution in [0.5, 0.6) is 0 Å². The van der Waals surface area contributed by atoms with Gasteiger partial charge in [-0.3, -0.25) is 4.98 Å². The van der Waals surface area contributed by atoms with Gasteiger partial charge in [0.2, 0.25) is 0 Å². The first-order chi connectivity index (χ1) is 8.25. The molecule has 2 aromatic heterocycles. The summed E-state index contributed by atoms with van der Waals surface area (Å²) in [5, 5.41) is 3.95. The van der Waals surface area contributed by atoms with Gasteiger partial charge in [0.05, 0.1) is 16.8 Å². The number of rotatable bonds is 4. The Morgan fingerprint density at radius 2 is 2.00 bits per heavy atom. The van der Waals surface area contributed by atoms with Gasteiger partial charge in [-0.2, -0.15) is 0 Å². The molecule has 5 heteroatoms. The van der Waals surface area contributed by atoms with Crippen molar-refractivity contribution in [1.82, 2.24) is 20.3 Å². The van der Waals surface area contributed by atoms with Gasteiger partial charge in [0.25, 0.3) is 0 Å². The molecule has 0 fully saturated rings. The molecule has 0 aliphatic heterocycles. The Balaban J connectivity index is 1.92. The summed E-state index contributed by atoms with van der Waals surface area (Å²) in [4.78, 5) is 12.6. The SMILES string of the molecule is C[C@@H](NCc1ccc(Cl)cn1)c1ncccn1. The van der Waals surface area contributed by atoms with Gasteiger partial charge in [0.1, 0.15) is 5.82 Å². The van der Waals surface area contributed by atoms with E-state index in [0.29, 0.717) is 11.6 Å². The summed E-state index contributed by atoms with van der Waals surface area (Å²) in [5.74, 6) is 0.779. The lowest BCUT2D eigenvalue weighted by atomic mass is 10.3. The maximum atomic E-state index is 5.77. The van der Waals surface area contributed by atoms with Crippen molar-refractivity contribution in [1.29, 1.82) is 0 Å². The molecule has 4 nitrogen and oxygen atoms in total. The highest BCUT2D eigenvalue weighted by Gasteiger charge is 2.06. The van der Waals surface area contributed by atoms with Crippen LogP contribution >= 0.6 is 11.6 Å². The fourth-order valence-corrected chi connectivity index (χ4v) is 1.51. The number of halogens is 1. The van der Waals surface area contributed by atoms with Crippen molar-refractivity contribution < 1.29 is 0 Å². The van der Waals surface area contributed by atoms with E-state index in [-0.39, 0.29) is 6.04 Å². The number of hydrogen-bond acceptors (Lipinski definition) is 4. The van der Waals surface area contributed by atoms with Gasteiger partial charge in [0.15, 0.2) is 0 Å². The summed E-state index contributed by atoms with van der Waals surface area (Å²) in [6.07, 6.45) is 5.12. The van der Waals surface area contributed by atoms with Crippen LogP contribution in [0.15, 0.2) is 36.8 Å². The molecule has 0 aliphatic carbocycles. The zero-order valence-electron chi connectivity index (χ0n) is 9.47. The molecular formula is C12H13ClN4. The number of hydrogen-bond donors (Lipinski definition) is 1. The molecule has 17 heavy (non-hydrogen) atoms. The summed E-state index contributed by atoms with van der Waals surface area (Å²) < 4.78 is 0. The van der Waals surface area contributed by atoms with Crippen LogP contribution in [0.3, 0.4) is 0 Å². The van der Waals surface area contributed by atoms with Crippen LogP contribution in [-0.2, 0) is 6.54 Å². The Kier molecular flexibility index (Phi) is 4.01. The first-order valence-electron chi connectivity index (χ1n) is 5.36. The van der Waals surface area contributed by atoms with Gasteiger partial charge >= 0.3 is 0 Å². The molecule has 0 radical (unpaired) electrons. The third kappa shape index (κ3) is 3.47. The van der Waals surface area contributed by atoms with Crippen LogP contribution < -0.4 is 5.32 Å². The van der Waals surface area contributed by atoms with E-state index in [1.54, 1.807) is 24.7 Å². The van der Waals surface area contributed by atoms with Crippen molar-refractivity contribution in [3.05, 3.63) is 53.3 Å². The molecule has 88 valence electrons. The average Bonchev–Trinajstić information content (AvgIpc) is 2.39. The van der Waals surface area contributed by atoms with E-state index in [1.807, 2.05) is 19.1 Å². The van der Waals surface area contributed by atoms with E-state index < -0.39 is 0 Å². The Labute approximate surface area is 105 Å². The molecule has 0 aromatic carbocycles. The van der Waals surface area contributed by atoms with Crippen LogP contribution in [0.1, 0.15) is 24.5 Å². The third-order valence-electron chi connectivity index (χ3n) is 2.35. The highest BCUT2D eigenvalue weighted by molar-refractivity contribution is 6.30. The first kappa shape index (κ1) is 12.0. The van der Waals surface area contributed by atoms with E-state index in [9.17, 15) is 0 Å². The standard InChI is InChI=1S/C12H13ClN4/c1-9(12-14-5-2-6-15-12)16-8-11-4-3-10(13)7-17-11/h2-7,9,16H,8H2,1H3/t9-/m1/s1. The number of nitrogens with one attached hydrogen (secondary N) is 1. The summed E-state index contributed by atoms with van der Waals surface area (Å²) >= 11 is 5.77. The molecule has 0 spiro atoms. The van der Waals surface area contributed by atoms with E-state index in [0.717, 1.165) is 11.5 Å². The second-order valence-electron chi connectivity index (χ2n) is 3.68. The Hall–Kier alpha value is -1.52. The van der Waals surface area contributed by atoms with Gasteiger partial charge < -0.3 is 5.32 Å². The largest absolute Gasteiger partial charge is 0.302 e. The van der Waals surface area contributed by atoms with Crippen molar-refractivity contribution in [3.63, 3.8) is 0 Å². The van der Waals surface area contributed by atoms with Crippen molar-refractivity contribution >= 4 is 11.6 Å². The first-order valence-corrected chi connectivity index (χ1v) is 5.74. The minimum Gasteiger partial charge on any atom is -0.302 e. The summed E-state index contributed by atoms with van der Waals surface area (Å²) in [6, 6.07) is 5.62. The zero-order chi connectivity index (χ0) is 12.1. The van der Waals surface area contributed by atoms with Crippen molar-refractivity contribution in [2.75, 3.05) is 0 Å². The van der Waals surface area contributed by atoms with Crippen LogP contribution in [0.2, 0.25) is 5.02 Å². The molecule has 1 N–H and O–H groups in total. The number of nitrogens with zero attached hydrogens (tertiary/aromatic N) is 3. The molecule has 2 aromatic rings. The molecule has 1 atom stereocenters. The molecule has 2 rings (SSSR count). The molecule has 0 amide bonds. The molecule has 0 unspecified atom stereocenters.